The molecule has 2 aliphatic rings. The zero-order valence-corrected chi connectivity index (χ0v) is 15.6. The number of carbonyl (C=O) groups is 3. The van der Waals surface area contributed by atoms with Crippen molar-refractivity contribution in [2.75, 3.05) is 11.9 Å². The lowest BCUT2D eigenvalue weighted by molar-refractivity contribution is -0.125. The van der Waals surface area contributed by atoms with E-state index in [1.807, 2.05) is 18.2 Å². The van der Waals surface area contributed by atoms with Crippen LogP contribution in [0.15, 0.2) is 54.6 Å². The Hall–Kier alpha value is -3.15. The standard InChI is InChI=1S/C22H23N3O3/c26-20(15-5-2-1-3-6-15)23-17-10-8-16(9-11-17)22(28)25-14-4-7-19(25)21(27)24-18-12-13-18/h1-3,5-6,8-11,18-19H,4,7,12-14H2,(H,23,26)(H,24,27). The minimum atomic E-state index is -0.384. The van der Waals surface area contributed by atoms with Crippen LogP contribution >= 0.6 is 0 Å². The number of likely N-dealkylation sites (tertiary alicyclic amines) is 1. The van der Waals surface area contributed by atoms with Gasteiger partial charge < -0.3 is 15.5 Å². The summed E-state index contributed by atoms with van der Waals surface area (Å²) in [6, 6.07) is 15.7. The number of carbonyl (C=O) groups excluding carboxylic acids is 3. The molecule has 0 bridgehead atoms. The van der Waals surface area contributed by atoms with Crippen molar-refractivity contribution in [1.29, 1.82) is 0 Å². The third-order valence-corrected chi connectivity index (χ3v) is 5.17. The lowest BCUT2D eigenvalue weighted by Crippen LogP contribution is -2.46. The average molecular weight is 377 g/mol. The summed E-state index contributed by atoms with van der Waals surface area (Å²) in [5.74, 6) is -0.384. The summed E-state index contributed by atoms with van der Waals surface area (Å²) in [5, 5.41) is 5.82. The molecule has 2 aromatic rings. The van der Waals surface area contributed by atoms with Crippen LogP contribution in [0.4, 0.5) is 5.69 Å². The van der Waals surface area contributed by atoms with Crippen molar-refractivity contribution in [3.05, 3.63) is 65.7 Å². The van der Waals surface area contributed by atoms with Gasteiger partial charge in [-0.3, -0.25) is 14.4 Å². The van der Waals surface area contributed by atoms with Crippen molar-refractivity contribution in [3.63, 3.8) is 0 Å². The highest BCUT2D eigenvalue weighted by Gasteiger charge is 2.36. The number of nitrogens with one attached hydrogen (secondary N) is 2. The van der Waals surface area contributed by atoms with Crippen LogP contribution in [-0.4, -0.2) is 41.2 Å². The molecule has 1 saturated carbocycles. The maximum Gasteiger partial charge on any atom is 0.255 e. The van der Waals surface area contributed by atoms with Gasteiger partial charge in [-0.2, -0.15) is 0 Å². The van der Waals surface area contributed by atoms with Gasteiger partial charge in [0.15, 0.2) is 0 Å². The van der Waals surface area contributed by atoms with Crippen LogP contribution < -0.4 is 10.6 Å². The van der Waals surface area contributed by atoms with Crippen molar-refractivity contribution in [2.24, 2.45) is 0 Å². The minimum Gasteiger partial charge on any atom is -0.352 e. The van der Waals surface area contributed by atoms with Gasteiger partial charge in [0, 0.05) is 29.4 Å². The Bertz CT molecular complexity index is 876. The fourth-order valence-electron chi connectivity index (χ4n) is 3.46. The molecule has 0 spiro atoms. The lowest BCUT2D eigenvalue weighted by Gasteiger charge is -2.24. The number of anilines is 1. The van der Waals surface area contributed by atoms with Gasteiger partial charge in [0.25, 0.3) is 11.8 Å². The van der Waals surface area contributed by atoms with Crippen molar-refractivity contribution in [1.82, 2.24) is 10.2 Å². The minimum absolute atomic E-state index is 0.0416. The number of nitrogens with zero attached hydrogens (tertiary/aromatic N) is 1. The molecular formula is C22H23N3O3. The largest absolute Gasteiger partial charge is 0.352 e. The molecule has 2 N–H and O–H groups in total. The summed E-state index contributed by atoms with van der Waals surface area (Å²) in [6.07, 6.45) is 3.60. The summed E-state index contributed by atoms with van der Waals surface area (Å²) >= 11 is 0. The van der Waals surface area contributed by atoms with Gasteiger partial charge in [-0.15, -0.1) is 0 Å². The molecule has 1 aliphatic carbocycles. The first-order valence-electron chi connectivity index (χ1n) is 9.69. The molecule has 0 aromatic heterocycles. The fraction of sp³-hybridized carbons (Fsp3) is 0.318. The monoisotopic (exact) mass is 377 g/mol. The Morgan fingerprint density at radius 3 is 2.25 bits per heavy atom. The number of hydrogen-bond acceptors (Lipinski definition) is 3. The third-order valence-electron chi connectivity index (χ3n) is 5.17. The second kappa shape index (κ2) is 7.84. The number of amides is 3. The maximum absolute atomic E-state index is 12.9. The molecule has 1 aliphatic heterocycles. The van der Waals surface area contributed by atoms with Gasteiger partial charge in [-0.05, 0) is 62.1 Å². The van der Waals surface area contributed by atoms with E-state index in [9.17, 15) is 14.4 Å². The average Bonchev–Trinajstić information content (AvgIpc) is 3.40. The Balaban J connectivity index is 1.40. The molecule has 1 atom stereocenters. The molecule has 1 saturated heterocycles. The SMILES string of the molecule is O=C(Nc1ccc(C(=O)N2CCCC2C(=O)NC2CC2)cc1)c1ccccc1. The molecule has 6 heteroatoms. The molecule has 6 nitrogen and oxygen atoms in total. The van der Waals surface area contributed by atoms with Crippen LogP contribution in [0, 0.1) is 0 Å². The molecule has 0 radical (unpaired) electrons. The van der Waals surface area contributed by atoms with Crippen LogP contribution in [0.25, 0.3) is 0 Å². The van der Waals surface area contributed by atoms with Crippen molar-refractivity contribution in [2.45, 2.75) is 37.8 Å². The highest BCUT2D eigenvalue weighted by Crippen LogP contribution is 2.24. The molecular weight excluding hydrogens is 354 g/mol. The quantitative estimate of drug-likeness (QED) is 0.841. The smallest absolute Gasteiger partial charge is 0.255 e. The maximum atomic E-state index is 12.9. The van der Waals surface area contributed by atoms with Gasteiger partial charge in [0.2, 0.25) is 5.91 Å². The Morgan fingerprint density at radius 1 is 0.857 bits per heavy atom. The van der Waals surface area contributed by atoms with Crippen molar-refractivity contribution < 1.29 is 14.4 Å². The van der Waals surface area contributed by atoms with E-state index in [-0.39, 0.29) is 29.8 Å². The first-order valence-corrected chi connectivity index (χ1v) is 9.69. The molecule has 4 rings (SSSR count). The van der Waals surface area contributed by atoms with E-state index in [0.29, 0.717) is 29.8 Å². The second-order valence-electron chi connectivity index (χ2n) is 7.34. The Morgan fingerprint density at radius 2 is 1.57 bits per heavy atom. The lowest BCUT2D eigenvalue weighted by atomic mass is 10.1. The van der Waals surface area contributed by atoms with Gasteiger partial charge in [0.1, 0.15) is 6.04 Å². The Labute approximate surface area is 163 Å². The number of hydrogen-bond donors (Lipinski definition) is 2. The zero-order valence-electron chi connectivity index (χ0n) is 15.6. The number of rotatable bonds is 5. The Kier molecular flexibility index (Phi) is 5.10. The summed E-state index contributed by atoms with van der Waals surface area (Å²) in [6.45, 7) is 0.591. The summed E-state index contributed by atoms with van der Waals surface area (Å²) in [7, 11) is 0. The van der Waals surface area contributed by atoms with E-state index in [0.717, 1.165) is 19.3 Å². The second-order valence-corrected chi connectivity index (χ2v) is 7.34. The van der Waals surface area contributed by atoms with Gasteiger partial charge in [-0.1, -0.05) is 18.2 Å². The fourth-order valence-corrected chi connectivity index (χ4v) is 3.46. The normalized spacial score (nSPS) is 18.6. The van der Waals surface area contributed by atoms with E-state index in [1.165, 1.54) is 0 Å². The summed E-state index contributed by atoms with van der Waals surface area (Å²) in [5.41, 5.74) is 1.71. The van der Waals surface area contributed by atoms with Crippen LogP contribution in [0.1, 0.15) is 46.4 Å². The summed E-state index contributed by atoms with van der Waals surface area (Å²) < 4.78 is 0. The van der Waals surface area contributed by atoms with E-state index >= 15 is 0 Å². The molecule has 3 amide bonds. The predicted molar refractivity (Wildman–Crippen MR) is 106 cm³/mol. The molecule has 2 aromatic carbocycles. The van der Waals surface area contributed by atoms with E-state index in [1.54, 1.807) is 41.3 Å². The number of benzene rings is 2. The first kappa shape index (κ1) is 18.2. The van der Waals surface area contributed by atoms with E-state index < -0.39 is 0 Å². The van der Waals surface area contributed by atoms with E-state index in [2.05, 4.69) is 10.6 Å². The van der Waals surface area contributed by atoms with E-state index in [4.69, 9.17) is 0 Å². The van der Waals surface area contributed by atoms with Crippen molar-refractivity contribution in [3.8, 4) is 0 Å². The van der Waals surface area contributed by atoms with Crippen LogP contribution in [0.3, 0.4) is 0 Å². The highest BCUT2D eigenvalue weighted by atomic mass is 16.2. The van der Waals surface area contributed by atoms with Crippen LogP contribution in [0.2, 0.25) is 0 Å². The molecule has 1 unspecified atom stereocenters. The zero-order chi connectivity index (χ0) is 19.5. The molecule has 28 heavy (non-hydrogen) atoms. The van der Waals surface area contributed by atoms with Gasteiger partial charge >= 0.3 is 0 Å². The molecule has 2 fully saturated rings. The predicted octanol–water partition coefficient (Wildman–Crippen LogP) is 2.82. The first-order chi connectivity index (χ1) is 13.6. The van der Waals surface area contributed by atoms with Crippen molar-refractivity contribution >= 4 is 23.4 Å². The topological polar surface area (TPSA) is 78.5 Å². The van der Waals surface area contributed by atoms with Crippen LogP contribution in [-0.2, 0) is 4.79 Å². The van der Waals surface area contributed by atoms with Gasteiger partial charge in [0.05, 0.1) is 0 Å². The molecule has 1 heterocycles. The third kappa shape index (κ3) is 4.06. The van der Waals surface area contributed by atoms with Gasteiger partial charge in [-0.25, -0.2) is 0 Å². The molecule has 144 valence electrons. The highest BCUT2D eigenvalue weighted by molar-refractivity contribution is 6.04. The van der Waals surface area contributed by atoms with Crippen LogP contribution in [0.5, 0.6) is 0 Å². The summed E-state index contributed by atoms with van der Waals surface area (Å²) in [4.78, 5) is 39.2.